The highest BCUT2D eigenvalue weighted by molar-refractivity contribution is 14.1. The highest BCUT2D eigenvalue weighted by Gasteiger charge is 1.74. The Labute approximate surface area is 102 Å². The van der Waals surface area contributed by atoms with E-state index in [-0.39, 0.29) is 5.96 Å². The Bertz CT molecular complexity index is 271. The summed E-state index contributed by atoms with van der Waals surface area (Å²) in [6.45, 7) is 1.08. The second-order valence-corrected chi connectivity index (χ2v) is 3.52. The molecule has 0 heterocycles. The molecule has 1 aromatic carbocycles. The van der Waals surface area contributed by atoms with Gasteiger partial charge in [-0.05, 0) is 34.7 Å². The van der Waals surface area contributed by atoms with Gasteiger partial charge in [0.25, 0.3) is 5.97 Å². The van der Waals surface area contributed by atoms with Gasteiger partial charge in [-0.2, -0.15) is 0 Å². The van der Waals surface area contributed by atoms with E-state index in [4.69, 9.17) is 15.3 Å². The zero-order valence-electron chi connectivity index (χ0n) is 8.27. The monoisotopic (exact) mass is 323 g/mol. The fourth-order valence-electron chi connectivity index (χ4n) is 0.415. The molecule has 15 heavy (non-hydrogen) atoms. The number of carbonyl (C=O) groups is 1. The van der Waals surface area contributed by atoms with Crippen LogP contribution < -0.4 is 11.5 Å². The molecule has 5 nitrogen and oxygen atoms in total. The maximum absolute atomic E-state index is 9.00. The van der Waals surface area contributed by atoms with Crippen LogP contribution in [0.1, 0.15) is 6.92 Å². The van der Waals surface area contributed by atoms with Gasteiger partial charge >= 0.3 is 0 Å². The molecule has 0 aliphatic heterocycles. The zero-order valence-corrected chi connectivity index (χ0v) is 10.4. The molecule has 0 spiro atoms. The maximum Gasteiger partial charge on any atom is 0.300 e. The first-order chi connectivity index (χ1) is 6.86. The first-order valence-electron chi connectivity index (χ1n) is 3.85. The van der Waals surface area contributed by atoms with Crippen molar-refractivity contribution in [3.05, 3.63) is 33.9 Å². The van der Waals surface area contributed by atoms with Gasteiger partial charge in [-0.1, -0.05) is 18.2 Å². The number of benzene rings is 1. The fraction of sp³-hybridized carbons (Fsp3) is 0.111. The molecule has 1 aromatic rings. The van der Waals surface area contributed by atoms with E-state index in [0.29, 0.717) is 0 Å². The van der Waals surface area contributed by atoms with Crippen LogP contribution in [0.5, 0.6) is 0 Å². The molecule has 0 saturated heterocycles. The number of carboxylic acid groups (broad SMARTS) is 1. The van der Waals surface area contributed by atoms with Crippen molar-refractivity contribution in [2.24, 2.45) is 11.5 Å². The van der Waals surface area contributed by atoms with Gasteiger partial charge in [0.2, 0.25) is 0 Å². The van der Waals surface area contributed by atoms with Crippen molar-refractivity contribution in [3.63, 3.8) is 0 Å². The molecular weight excluding hydrogens is 309 g/mol. The highest BCUT2D eigenvalue weighted by atomic mass is 127. The van der Waals surface area contributed by atoms with Gasteiger partial charge in [0.05, 0.1) is 0 Å². The number of hydrogen-bond donors (Lipinski definition) is 4. The average molecular weight is 323 g/mol. The number of nitrogens with two attached hydrogens (primary N) is 2. The Kier molecular flexibility index (Phi) is 11.6. The van der Waals surface area contributed by atoms with E-state index in [9.17, 15) is 0 Å². The van der Waals surface area contributed by atoms with Crippen LogP contribution in [0.2, 0.25) is 0 Å². The Morgan fingerprint density at radius 2 is 1.60 bits per heavy atom. The summed E-state index contributed by atoms with van der Waals surface area (Å²) in [6.07, 6.45) is 0. The van der Waals surface area contributed by atoms with Crippen LogP contribution in [0.3, 0.4) is 0 Å². The van der Waals surface area contributed by atoms with Gasteiger partial charge in [0, 0.05) is 10.5 Å². The van der Waals surface area contributed by atoms with Crippen LogP contribution in [-0.4, -0.2) is 17.0 Å². The lowest BCUT2D eigenvalue weighted by atomic mass is 10.4. The van der Waals surface area contributed by atoms with Crippen molar-refractivity contribution in [1.82, 2.24) is 0 Å². The number of aliphatic carboxylic acids is 1. The van der Waals surface area contributed by atoms with E-state index >= 15 is 0 Å². The van der Waals surface area contributed by atoms with Crippen molar-refractivity contribution >= 4 is 34.5 Å². The third-order valence-electron chi connectivity index (χ3n) is 0.733. The van der Waals surface area contributed by atoms with Crippen molar-refractivity contribution in [1.29, 1.82) is 5.41 Å². The first-order valence-corrected chi connectivity index (χ1v) is 4.93. The van der Waals surface area contributed by atoms with E-state index in [1.54, 1.807) is 0 Å². The van der Waals surface area contributed by atoms with E-state index in [1.807, 2.05) is 18.2 Å². The van der Waals surface area contributed by atoms with E-state index in [2.05, 4.69) is 46.2 Å². The molecule has 6 heteroatoms. The van der Waals surface area contributed by atoms with Crippen LogP contribution >= 0.6 is 22.6 Å². The standard InChI is InChI=1S/C6H5I.C2H4O2.CH5N3/c7-6-4-2-1-3-5-6;1-2(3)4;2-1(3)4/h1-5H;1H3,(H,3,4);(H5,2,3,4). The summed E-state index contributed by atoms with van der Waals surface area (Å²) in [4.78, 5) is 9.00. The quantitative estimate of drug-likeness (QED) is 0.326. The lowest BCUT2D eigenvalue weighted by molar-refractivity contribution is -0.134. The van der Waals surface area contributed by atoms with E-state index < -0.39 is 5.97 Å². The van der Waals surface area contributed by atoms with Crippen LogP contribution in [0.25, 0.3) is 0 Å². The largest absolute Gasteiger partial charge is 0.481 e. The van der Waals surface area contributed by atoms with E-state index in [1.165, 1.54) is 3.57 Å². The smallest absolute Gasteiger partial charge is 0.300 e. The van der Waals surface area contributed by atoms with Crippen LogP contribution in [0, 0.1) is 8.98 Å². The van der Waals surface area contributed by atoms with Gasteiger partial charge in [0.1, 0.15) is 0 Å². The summed E-state index contributed by atoms with van der Waals surface area (Å²) in [6, 6.07) is 10.2. The Hall–Kier alpha value is -1.31. The third kappa shape index (κ3) is 32.4. The molecule has 0 bridgehead atoms. The summed E-state index contributed by atoms with van der Waals surface area (Å²) < 4.78 is 1.29. The summed E-state index contributed by atoms with van der Waals surface area (Å²) in [5.41, 5.74) is 8.94. The molecule has 0 atom stereocenters. The number of rotatable bonds is 0. The SMILES string of the molecule is CC(=O)O.Ic1ccccc1.N=C(N)N. The van der Waals surface area contributed by atoms with Gasteiger partial charge in [0.15, 0.2) is 5.96 Å². The van der Waals surface area contributed by atoms with Gasteiger partial charge in [-0.15, -0.1) is 0 Å². The molecule has 0 unspecified atom stereocenters. The molecule has 0 fully saturated rings. The maximum atomic E-state index is 9.00. The number of hydrogen-bond acceptors (Lipinski definition) is 2. The molecule has 0 aliphatic carbocycles. The first kappa shape index (κ1) is 16.1. The summed E-state index contributed by atoms with van der Waals surface area (Å²) >= 11 is 2.28. The van der Waals surface area contributed by atoms with Crippen molar-refractivity contribution in [2.75, 3.05) is 0 Å². The number of guanidine groups is 1. The van der Waals surface area contributed by atoms with Crippen LogP contribution in [0.15, 0.2) is 30.3 Å². The van der Waals surface area contributed by atoms with Gasteiger partial charge in [-0.3, -0.25) is 10.2 Å². The second kappa shape index (κ2) is 10.8. The Balaban J connectivity index is 0. The zero-order chi connectivity index (χ0) is 12.3. The summed E-state index contributed by atoms with van der Waals surface area (Å²) in [5.74, 6) is -1.17. The lowest BCUT2D eigenvalue weighted by Crippen LogP contribution is -2.20. The van der Waals surface area contributed by atoms with Gasteiger partial charge < -0.3 is 16.6 Å². The van der Waals surface area contributed by atoms with Crippen molar-refractivity contribution in [3.8, 4) is 0 Å². The fourth-order valence-corrected chi connectivity index (χ4v) is 0.830. The predicted molar refractivity (Wildman–Crippen MR) is 68.6 cm³/mol. The minimum absolute atomic E-state index is 0.333. The topological polar surface area (TPSA) is 113 Å². The normalized spacial score (nSPS) is 7.33. The molecule has 0 aromatic heterocycles. The molecule has 0 amide bonds. The molecule has 6 N–H and O–H groups in total. The molecule has 84 valence electrons. The molecule has 0 radical (unpaired) electrons. The predicted octanol–water partition coefficient (Wildman–Crippen LogP) is 1.22. The molecule has 1 rings (SSSR count). The third-order valence-corrected chi connectivity index (χ3v) is 1.45. The average Bonchev–Trinajstić information content (AvgIpc) is 2.03. The molecule has 0 aliphatic rings. The summed E-state index contributed by atoms with van der Waals surface area (Å²) in [5, 5.41) is 13.5. The number of nitrogens with one attached hydrogen (secondary N) is 1. The van der Waals surface area contributed by atoms with Crippen molar-refractivity contribution in [2.45, 2.75) is 6.92 Å². The van der Waals surface area contributed by atoms with Crippen LogP contribution in [0.4, 0.5) is 0 Å². The minimum Gasteiger partial charge on any atom is -0.481 e. The highest BCUT2D eigenvalue weighted by Crippen LogP contribution is 1.99. The minimum atomic E-state index is -0.833. The second-order valence-electron chi connectivity index (χ2n) is 2.27. The molecular formula is C9H14IN3O2. The summed E-state index contributed by atoms with van der Waals surface area (Å²) in [7, 11) is 0. The Morgan fingerprint density at radius 1 is 1.33 bits per heavy atom. The number of carboxylic acids is 1. The lowest BCUT2D eigenvalue weighted by Gasteiger charge is -1.80. The Morgan fingerprint density at radius 3 is 1.73 bits per heavy atom. The van der Waals surface area contributed by atoms with Crippen molar-refractivity contribution < 1.29 is 9.90 Å². The van der Waals surface area contributed by atoms with E-state index in [0.717, 1.165) is 6.92 Å². The van der Waals surface area contributed by atoms with Gasteiger partial charge in [-0.25, -0.2) is 0 Å². The number of halogens is 1. The molecule has 0 saturated carbocycles. The van der Waals surface area contributed by atoms with Crippen LogP contribution in [-0.2, 0) is 4.79 Å².